The fraction of sp³-hybridized carbons (Fsp3) is 0.565. The van der Waals surface area contributed by atoms with Crippen molar-refractivity contribution in [2.75, 3.05) is 41.0 Å². The van der Waals surface area contributed by atoms with E-state index in [0.29, 0.717) is 49.7 Å². The summed E-state index contributed by atoms with van der Waals surface area (Å²) in [4.78, 5) is 14.7. The number of rotatable bonds is 11. The smallest absolute Gasteiger partial charge is 0.223 e. The molecule has 1 aromatic carbocycles. The second kappa shape index (κ2) is 10.8. The highest BCUT2D eigenvalue weighted by atomic mass is 19.1. The lowest BCUT2D eigenvalue weighted by atomic mass is 9.95. The van der Waals surface area contributed by atoms with Gasteiger partial charge in [-0.3, -0.25) is 9.48 Å². The maximum atomic E-state index is 14.5. The molecule has 2 heterocycles. The quantitative estimate of drug-likeness (QED) is 0.570. The van der Waals surface area contributed by atoms with Crippen molar-refractivity contribution < 1.29 is 23.4 Å². The zero-order chi connectivity index (χ0) is 23.3. The van der Waals surface area contributed by atoms with Crippen LogP contribution in [0.5, 0.6) is 11.5 Å². The maximum Gasteiger partial charge on any atom is 0.223 e. The fourth-order valence-electron chi connectivity index (χ4n) is 4.16. The number of benzene rings is 1. The molecule has 1 fully saturated rings. The van der Waals surface area contributed by atoms with Crippen LogP contribution in [0, 0.1) is 11.7 Å². The summed E-state index contributed by atoms with van der Waals surface area (Å²) < 4.78 is 32.0. The first kappa shape index (κ1) is 24.0. The monoisotopic (exact) mass is 448 g/mol. The van der Waals surface area contributed by atoms with Crippen LogP contribution in [0.3, 0.4) is 0 Å². The van der Waals surface area contributed by atoms with E-state index in [0.717, 1.165) is 5.56 Å². The van der Waals surface area contributed by atoms with Gasteiger partial charge in [-0.1, -0.05) is 0 Å². The highest BCUT2D eigenvalue weighted by Gasteiger charge is 2.40. The summed E-state index contributed by atoms with van der Waals surface area (Å²) in [7, 11) is 4.62. The van der Waals surface area contributed by atoms with Crippen LogP contribution < -0.4 is 14.8 Å². The highest BCUT2D eigenvalue weighted by Crippen LogP contribution is 2.38. The van der Waals surface area contributed by atoms with Crippen molar-refractivity contribution in [2.45, 2.75) is 38.9 Å². The molecular formula is C23H33FN4O4. The van der Waals surface area contributed by atoms with Crippen molar-refractivity contribution >= 4 is 5.91 Å². The van der Waals surface area contributed by atoms with Crippen LogP contribution >= 0.6 is 0 Å². The third kappa shape index (κ3) is 5.21. The van der Waals surface area contributed by atoms with E-state index in [1.54, 1.807) is 13.2 Å². The third-order valence-corrected chi connectivity index (χ3v) is 5.84. The minimum Gasteiger partial charge on any atom is -0.493 e. The number of nitrogens with zero attached hydrogens (tertiary/aromatic N) is 3. The van der Waals surface area contributed by atoms with Crippen molar-refractivity contribution in [3.8, 4) is 11.5 Å². The molecule has 9 heteroatoms. The van der Waals surface area contributed by atoms with E-state index in [-0.39, 0.29) is 29.7 Å². The van der Waals surface area contributed by atoms with E-state index in [9.17, 15) is 9.18 Å². The first-order valence-electron chi connectivity index (χ1n) is 10.8. The molecule has 2 atom stereocenters. The Balaban J connectivity index is 1.74. The van der Waals surface area contributed by atoms with Gasteiger partial charge in [0.15, 0.2) is 11.5 Å². The van der Waals surface area contributed by atoms with Crippen LogP contribution in [0.15, 0.2) is 24.5 Å². The lowest BCUT2D eigenvalue weighted by molar-refractivity contribution is -0.129. The van der Waals surface area contributed by atoms with Crippen LogP contribution in [0.2, 0.25) is 0 Å². The van der Waals surface area contributed by atoms with Crippen LogP contribution in [0.4, 0.5) is 4.39 Å². The van der Waals surface area contributed by atoms with E-state index in [2.05, 4.69) is 24.3 Å². The normalized spacial score (nSPS) is 18.6. The minimum absolute atomic E-state index is 0.0346. The van der Waals surface area contributed by atoms with Crippen molar-refractivity contribution in [2.24, 2.45) is 5.92 Å². The minimum atomic E-state index is -0.367. The van der Waals surface area contributed by atoms with E-state index in [1.165, 1.54) is 20.3 Å². The molecule has 32 heavy (non-hydrogen) atoms. The number of likely N-dealkylation sites (tertiary alicyclic amines) is 1. The van der Waals surface area contributed by atoms with Gasteiger partial charge >= 0.3 is 0 Å². The van der Waals surface area contributed by atoms with Crippen LogP contribution in [-0.4, -0.2) is 61.6 Å². The van der Waals surface area contributed by atoms with E-state index < -0.39 is 0 Å². The Morgan fingerprint density at radius 2 is 1.94 bits per heavy atom. The van der Waals surface area contributed by atoms with Gasteiger partial charge in [-0.15, -0.1) is 0 Å². The molecule has 3 rings (SSSR count). The standard InChI is InChI=1S/C23H33FN4O4/c1-15(2)28-14-18(13-26-28)23-17(9-22(29)27(23)6-7-30-3)12-25-11-16-8-20(31-4)21(32-5)10-19(16)24/h8,10,13-15,17,23,25H,6-7,9,11-12H2,1-5H3/t17-,23+/m1/s1. The number of hydrogen-bond acceptors (Lipinski definition) is 6. The fourth-order valence-corrected chi connectivity index (χ4v) is 4.16. The molecule has 1 amide bonds. The number of carbonyl (C=O) groups excluding carboxylic acids is 1. The summed E-state index contributed by atoms with van der Waals surface area (Å²) in [5.74, 6) is 0.590. The number of ether oxygens (including phenoxy) is 3. The lowest BCUT2D eigenvalue weighted by Gasteiger charge is -2.27. The molecule has 1 aliphatic rings. The number of methoxy groups -OCH3 is 3. The Morgan fingerprint density at radius 1 is 1.22 bits per heavy atom. The zero-order valence-electron chi connectivity index (χ0n) is 19.4. The van der Waals surface area contributed by atoms with Crippen molar-refractivity contribution in [3.05, 3.63) is 41.5 Å². The highest BCUT2D eigenvalue weighted by molar-refractivity contribution is 5.79. The Kier molecular flexibility index (Phi) is 8.09. The van der Waals surface area contributed by atoms with Crippen molar-refractivity contribution in [1.82, 2.24) is 20.0 Å². The Morgan fingerprint density at radius 3 is 2.56 bits per heavy atom. The molecule has 1 N–H and O–H groups in total. The average molecular weight is 449 g/mol. The van der Waals surface area contributed by atoms with Gasteiger partial charge < -0.3 is 24.4 Å². The molecule has 176 valence electrons. The number of hydrogen-bond donors (Lipinski definition) is 1. The number of carbonyl (C=O) groups is 1. The molecule has 1 aliphatic heterocycles. The molecule has 1 saturated heterocycles. The van der Waals surface area contributed by atoms with Gasteiger partial charge in [-0.05, 0) is 19.9 Å². The molecule has 1 aromatic heterocycles. The Labute approximate surface area is 188 Å². The molecule has 0 spiro atoms. The number of halogens is 1. The van der Waals surface area contributed by atoms with Crippen LogP contribution in [0.1, 0.15) is 43.5 Å². The van der Waals surface area contributed by atoms with Gasteiger partial charge in [0.2, 0.25) is 5.91 Å². The number of nitrogens with one attached hydrogen (secondary N) is 1. The average Bonchev–Trinajstić information content (AvgIpc) is 3.37. The zero-order valence-corrected chi connectivity index (χ0v) is 19.4. The topological polar surface area (TPSA) is 77.8 Å². The van der Waals surface area contributed by atoms with Gasteiger partial charge in [0.25, 0.3) is 0 Å². The van der Waals surface area contributed by atoms with Crippen molar-refractivity contribution in [3.63, 3.8) is 0 Å². The Bertz CT molecular complexity index is 917. The maximum absolute atomic E-state index is 14.5. The third-order valence-electron chi connectivity index (χ3n) is 5.84. The van der Waals surface area contributed by atoms with Crippen molar-refractivity contribution in [1.29, 1.82) is 0 Å². The molecule has 0 aliphatic carbocycles. The molecule has 0 bridgehead atoms. The Hall–Kier alpha value is -2.65. The molecular weight excluding hydrogens is 415 g/mol. The SMILES string of the molecule is COCCN1C(=O)C[C@H](CNCc2cc(OC)c(OC)cc2F)[C@H]1c1cnn(C(C)C)c1. The second-order valence-electron chi connectivity index (χ2n) is 8.27. The summed E-state index contributed by atoms with van der Waals surface area (Å²) in [5, 5.41) is 7.79. The van der Waals surface area contributed by atoms with Gasteiger partial charge in [0.1, 0.15) is 5.82 Å². The number of aromatic nitrogens is 2. The first-order valence-corrected chi connectivity index (χ1v) is 10.8. The largest absolute Gasteiger partial charge is 0.493 e. The van der Waals surface area contributed by atoms with Gasteiger partial charge in [0, 0.05) is 68.5 Å². The van der Waals surface area contributed by atoms with E-state index in [4.69, 9.17) is 14.2 Å². The molecule has 0 radical (unpaired) electrons. The summed E-state index contributed by atoms with van der Waals surface area (Å²) >= 11 is 0. The number of amides is 1. The predicted octanol–water partition coefficient (Wildman–Crippen LogP) is 2.95. The second-order valence-corrected chi connectivity index (χ2v) is 8.27. The van der Waals surface area contributed by atoms with Gasteiger partial charge in [0.05, 0.1) is 33.1 Å². The van der Waals surface area contributed by atoms with Crippen LogP contribution in [-0.2, 0) is 16.1 Å². The lowest BCUT2D eigenvalue weighted by Crippen LogP contribution is -2.33. The summed E-state index contributed by atoms with van der Waals surface area (Å²) in [5.41, 5.74) is 1.48. The van der Waals surface area contributed by atoms with E-state index in [1.807, 2.05) is 22.0 Å². The molecule has 8 nitrogen and oxygen atoms in total. The van der Waals surface area contributed by atoms with Gasteiger partial charge in [-0.2, -0.15) is 5.10 Å². The summed E-state index contributed by atoms with van der Waals surface area (Å²) in [6.45, 7) is 5.99. The summed E-state index contributed by atoms with van der Waals surface area (Å²) in [6, 6.07) is 3.09. The van der Waals surface area contributed by atoms with Crippen LogP contribution in [0.25, 0.3) is 0 Å². The first-order chi connectivity index (χ1) is 15.4. The molecule has 0 unspecified atom stereocenters. The van der Waals surface area contributed by atoms with E-state index >= 15 is 0 Å². The molecule has 0 saturated carbocycles. The molecule has 2 aromatic rings. The van der Waals surface area contributed by atoms with Gasteiger partial charge in [-0.25, -0.2) is 4.39 Å². The predicted molar refractivity (Wildman–Crippen MR) is 118 cm³/mol. The summed E-state index contributed by atoms with van der Waals surface area (Å²) in [6.07, 6.45) is 4.27.